The Labute approximate surface area is 249 Å². The quantitative estimate of drug-likeness (QED) is 0.343. The topological polar surface area (TPSA) is 148 Å². The summed E-state index contributed by atoms with van der Waals surface area (Å²) in [6.45, 7) is 11.6. The van der Waals surface area contributed by atoms with Gasteiger partial charge in [-0.15, -0.1) is 0 Å². The number of rotatable bonds is 7. The van der Waals surface area contributed by atoms with Gasteiger partial charge in [0, 0.05) is 23.8 Å². The molecule has 0 saturated heterocycles. The summed E-state index contributed by atoms with van der Waals surface area (Å²) in [6, 6.07) is 0. The lowest BCUT2D eigenvalue weighted by molar-refractivity contribution is -0.137. The van der Waals surface area contributed by atoms with Crippen LogP contribution in [-0.2, 0) is 9.59 Å². The molecule has 0 amide bonds. The smallest absolute Gasteiger partial charge is 0.303 e. The normalized spacial score (nSPS) is 18.7. The molecule has 4 aliphatic heterocycles. The molecule has 0 radical (unpaired) electrons. The van der Waals surface area contributed by atoms with Crippen molar-refractivity contribution in [2.45, 2.75) is 73.6 Å². The Balaban J connectivity index is 1.83. The zero-order chi connectivity index (χ0) is 31.2. The number of aliphatic imine (C=N–C) groups is 3. The summed E-state index contributed by atoms with van der Waals surface area (Å²) in [4.78, 5) is 41.4. The molecule has 0 unspecified atom stereocenters. The minimum absolute atomic E-state index is 0.0456. The van der Waals surface area contributed by atoms with Crippen LogP contribution >= 0.6 is 0 Å². The summed E-state index contributed by atoms with van der Waals surface area (Å²) in [5.41, 5.74) is 11.3. The molecule has 1 aromatic heterocycles. The minimum atomic E-state index is -0.904. The highest BCUT2D eigenvalue weighted by molar-refractivity contribution is 6.24. The number of aromatic amines is 1. The Morgan fingerprint density at radius 1 is 0.698 bits per heavy atom. The van der Waals surface area contributed by atoms with Gasteiger partial charge in [-0.25, -0.2) is 15.0 Å². The molecular weight excluding hydrogens is 544 g/mol. The van der Waals surface area contributed by atoms with E-state index in [2.05, 4.69) is 11.9 Å². The number of aliphatic hydroxyl groups excluding tert-OH is 1. The standard InChI is InChI=1S/C34H36N4O5/c1-7-21-16(2)26-14-31-34(20(6)39)19(5)27(38-31)12-24-17(3)22(8-10-32(40)41)29(36-24)15-30-23(9-11-33(42)43)18(4)25(37-30)13-28(21)35-26/h12-15,38-39H,7-11H2,1-6H3,(H,40,41)(H,42,43)/b24-12?,28-13?,30-15?,31-14?,34-20-. The Bertz CT molecular complexity index is 1890. The van der Waals surface area contributed by atoms with Crippen molar-refractivity contribution in [1.29, 1.82) is 0 Å². The number of nitrogens with one attached hydrogen (secondary N) is 1. The van der Waals surface area contributed by atoms with Gasteiger partial charge in [-0.1, -0.05) is 6.92 Å². The van der Waals surface area contributed by atoms with Crippen molar-refractivity contribution in [3.05, 3.63) is 84.5 Å². The van der Waals surface area contributed by atoms with Gasteiger partial charge in [0.1, 0.15) is 0 Å². The first-order chi connectivity index (χ1) is 20.4. The Kier molecular flexibility index (Phi) is 7.92. The van der Waals surface area contributed by atoms with Crippen molar-refractivity contribution in [2.24, 2.45) is 15.0 Å². The van der Waals surface area contributed by atoms with Crippen molar-refractivity contribution < 1.29 is 24.9 Å². The molecule has 43 heavy (non-hydrogen) atoms. The number of hydrogen-bond donors (Lipinski definition) is 4. The van der Waals surface area contributed by atoms with Crippen molar-refractivity contribution in [2.75, 3.05) is 0 Å². The third kappa shape index (κ3) is 5.55. The number of carboxylic acids is 2. The van der Waals surface area contributed by atoms with Crippen molar-refractivity contribution in [3.8, 4) is 0 Å². The second-order valence-corrected chi connectivity index (χ2v) is 11.2. The maximum Gasteiger partial charge on any atom is 0.303 e. The molecule has 0 saturated carbocycles. The highest BCUT2D eigenvalue weighted by Crippen LogP contribution is 2.36. The monoisotopic (exact) mass is 580 g/mol. The molecule has 0 aromatic carbocycles. The number of allylic oxidation sites excluding steroid dienone is 8. The third-order valence-corrected chi connectivity index (χ3v) is 8.48. The summed E-state index contributed by atoms with van der Waals surface area (Å²) in [5, 5.41) is 31.0. The van der Waals surface area contributed by atoms with E-state index >= 15 is 0 Å². The second kappa shape index (κ2) is 11.5. The second-order valence-electron chi connectivity index (χ2n) is 11.2. The molecule has 9 nitrogen and oxygen atoms in total. The zero-order valence-corrected chi connectivity index (χ0v) is 25.3. The Morgan fingerprint density at radius 2 is 1.23 bits per heavy atom. The lowest BCUT2D eigenvalue weighted by atomic mass is 9.96. The van der Waals surface area contributed by atoms with Gasteiger partial charge in [0.15, 0.2) is 0 Å². The average molecular weight is 581 g/mol. The van der Waals surface area contributed by atoms with E-state index in [1.54, 1.807) is 6.92 Å². The summed E-state index contributed by atoms with van der Waals surface area (Å²) < 4.78 is 0. The SMILES string of the molecule is CCC1=C(C)C2=NC1=CC1=NC(=CC3=NC(=Cc4[nH]c(/c(=C(/C)O)c4C)=C2)C(C)=C3CCC(=O)O)C(CCC(=O)O)=C1C. The number of aliphatic hydroxyl groups is 1. The molecule has 8 bridgehead atoms. The van der Waals surface area contributed by atoms with Gasteiger partial charge in [-0.05, 0) is 117 Å². The van der Waals surface area contributed by atoms with Crippen LogP contribution < -0.4 is 10.6 Å². The summed E-state index contributed by atoms with van der Waals surface area (Å²) in [6.07, 6.45) is 8.92. The lowest BCUT2D eigenvalue weighted by Gasteiger charge is -2.07. The number of hydrogen-bond acceptors (Lipinski definition) is 6. The van der Waals surface area contributed by atoms with E-state index in [4.69, 9.17) is 15.0 Å². The molecule has 0 atom stereocenters. The van der Waals surface area contributed by atoms with Crippen LogP contribution in [0.1, 0.15) is 78.0 Å². The van der Waals surface area contributed by atoms with E-state index < -0.39 is 11.9 Å². The molecule has 0 spiro atoms. The molecule has 5 heterocycles. The summed E-state index contributed by atoms with van der Waals surface area (Å²) in [7, 11) is 0. The maximum absolute atomic E-state index is 11.5. The molecule has 1 aromatic rings. The van der Waals surface area contributed by atoms with Gasteiger partial charge in [0.2, 0.25) is 0 Å². The Morgan fingerprint density at radius 3 is 1.84 bits per heavy atom. The van der Waals surface area contributed by atoms with Gasteiger partial charge in [0.25, 0.3) is 0 Å². The number of carbonyl (C=O) groups is 2. The van der Waals surface area contributed by atoms with Crippen LogP contribution in [0.2, 0.25) is 0 Å². The van der Waals surface area contributed by atoms with Gasteiger partial charge in [0.05, 0.1) is 45.3 Å². The summed E-state index contributed by atoms with van der Waals surface area (Å²) >= 11 is 0. The molecule has 0 aliphatic carbocycles. The highest BCUT2D eigenvalue weighted by atomic mass is 16.4. The van der Waals surface area contributed by atoms with E-state index in [0.29, 0.717) is 34.5 Å². The fraction of sp³-hybridized carbons (Fsp3) is 0.324. The molecule has 4 aliphatic rings. The lowest BCUT2D eigenvalue weighted by Crippen LogP contribution is -2.27. The number of nitrogens with zero attached hydrogens (tertiary/aromatic N) is 3. The number of aromatic nitrogens is 1. The van der Waals surface area contributed by atoms with Crippen molar-refractivity contribution >= 4 is 47.0 Å². The van der Waals surface area contributed by atoms with E-state index in [-0.39, 0.29) is 25.0 Å². The molecule has 5 rings (SSSR count). The van der Waals surface area contributed by atoms with Gasteiger partial charge in [-0.3, -0.25) is 9.59 Å². The van der Waals surface area contributed by atoms with E-state index in [1.807, 2.05) is 52.0 Å². The van der Waals surface area contributed by atoms with E-state index in [1.165, 1.54) is 0 Å². The molecule has 9 heteroatoms. The van der Waals surface area contributed by atoms with Crippen LogP contribution in [0.3, 0.4) is 0 Å². The first kappa shape index (κ1) is 29.7. The fourth-order valence-corrected chi connectivity index (χ4v) is 6.09. The fourth-order valence-electron chi connectivity index (χ4n) is 6.09. The van der Waals surface area contributed by atoms with Gasteiger partial charge in [-0.2, -0.15) is 0 Å². The minimum Gasteiger partial charge on any atom is -0.512 e. The first-order valence-corrected chi connectivity index (χ1v) is 14.5. The predicted octanol–water partition coefficient (Wildman–Crippen LogP) is 5.36. The average Bonchev–Trinajstić information content (AvgIpc) is 3.59. The van der Waals surface area contributed by atoms with Gasteiger partial charge < -0.3 is 20.3 Å². The van der Waals surface area contributed by atoms with Crippen molar-refractivity contribution in [1.82, 2.24) is 4.98 Å². The largest absolute Gasteiger partial charge is 0.512 e. The molecular formula is C34H36N4O5. The van der Waals surface area contributed by atoms with Gasteiger partial charge >= 0.3 is 11.9 Å². The number of fused-ring (bicyclic) bond motifs is 5. The van der Waals surface area contributed by atoms with Crippen LogP contribution in [0.25, 0.3) is 17.9 Å². The molecule has 4 N–H and O–H groups in total. The number of H-pyrrole nitrogens is 1. The van der Waals surface area contributed by atoms with Crippen LogP contribution in [0.4, 0.5) is 0 Å². The third-order valence-electron chi connectivity index (χ3n) is 8.48. The first-order valence-electron chi connectivity index (χ1n) is 14.5. The van der Waals surface area contributed by atoms with Crippen LogP contribution in [0, 0.1) is 6.92 Å². The van der Waals surface area contributed by atoms with E-state index in [0.717, 1.165) is 67.9 Å². The summed E-state index contributed by atoms with van der Waals surface area (Å²) in [5.74, 6) is -1.61. The maximum atomic E-state index is 11.5. The molecule has 0 fully saturated rings. The predicted molar refractivity (Wildman–Crippen MR) is 170 cm³/mol. The van der Waals surface area contributed by atoms with Crippen molar-refractivity contribution in [3.63, 3.8) is 0 Å². The zero-order valence-electron chi connectivity index (χ0n) is 25.3. The van der Waals surface area contributed by atoms with E-state index in [9.17, 15) is 24.9 Å². The number of aliphatic carboxylic acids is 2. The van der Waals surface area contributed by atoms with Crippen LogP contribution in [0.15, 0.2) is 77.7 Å². The van der Waals surface area contributed by atoms with Crippen LogP contribution in [-0.4, -0.2) is 49.4 Å². The molecule has 222 valence electrons. The highest BCUT2D eigenvalue weighted by Gasteiger charge is 2.27. The Hall–Kier alpha value is -4.79. The number of carboxylic acid groups (broad SMARTS) is 2. The van der Waals surface area contributed by atoms with Crippen LogP contribution in [0.5, 0.6) is 0 Å².